The Bertz CT molecular complexity index is 405. The zero-order valence-corrected chi connectivity index (χ0v) is 10.1. The number of fused-ring (bicyclic) bond motifs is 1. The molecule has 1 aromatic carbocycles. The Labute approximate surface area is 102 Å². The van der Waals surface area contributed by atoms with Gasteiger partial charge in [-0.15, -0.1) is 0 Å². The first-order valence-corrected chi connectivity index (χ1v) is 6.03. The predicted molar refractivity (Wildman–Crippen MR) is 67.3 cm³/mol. The second-order valence-electron chi connectivity index (χ2n) is 4.37. The Morgan fingerprint density at radius 3 is 3.00 bits per heavy atom. The fraction of sp³-hybridized carbons (Fsp3) is 0.462. The summed E-state index contributed by atoms with van der Waals surface area (Å²) in [5.41, 5.74) is 7.92. The van der Waals surface area contributed by atoms with Crippen LogP contribution in [0.15, 0.2) is 24.3 Å². The number of carbonyl (C=O) groups is 1. The lowest BCUT2D eigenvalue weighted by Gasteiger charge is -2.34. The number of nitrogens with two attached hydrogens (primary N) is 1. The summed E-state index contributed by atoms with van der Waals surface area (Å²) < 4.78 is 0. The van der Waals surface area contributed by atoms with Crippen LogP contribution in [0.4, 0.5) is 0 Å². The average Bonchev–Trinajstić information content (AvgIpc) is 2.35. The molecule has 0 saturated heterocycles. The first-order valence-electron chi connectivity index (χ1n) is 6.03. The Kier molecular flexibility index (Phi) is 3.76. The highest BCUT2D eigenvalue weighted by Crippen LogP contribution is 2.26. The van der Waals surface area contributed by atoms with E-state index in [1.807, 2.05) is 6.07 Å². The normalized spacial score (nSPS) is 19.1. The molecule has 3 N–H and O–H groups in total. The van der Waals surface area contributed by atoms with Crippen molar-refractivity contribution in [3.05, 3.63) is 35.4 Å². The van der Waals surface area contributed by atoms with Crippen molar-refractivity contribution in [1.29, 1.82) is 0 Å². The largest absolute Gasteiger partial charge is 0.369 e. The Morgan fingerprint density at radius 2 is 2.29 bits per heavy atom. The van der Waals surface area contributed by atoms with Crippen molar-refractivity contribution >= 4 is 5.91 Å². The summed E-state index contributed by atoms with van der Waals surface area (Å²) in [7, 11) is 0. The molecule has 0 radical (unpaired) electrons. The predicted octanol–water partition coefficient (Wildman–Crippen LogP) is 0.638. The molecule has 0 spiro atoms. The van der Waals surface area contributed by atoms with Gasteiger partial charge in [0.05, 0.1) is 6.54 Å². The van der Waals surface area contributed by atoms with E-state index in [0.717, 1.165) is 19.6 Å². The van der Waals surface area contributed by atoms with Gasteiger partial charge < -0.3 is 11.1 Å². The molecule has 1 aromatic rings. The highest BCUT2D eigenvalue weighted by atomic mass is 16.1. The molecule has 0 saturated carbocycles. The second-order valence-corrected chi connectivity index (χ2v) is 4.37. The van der Waals surface area contributed by atoms with E-state index in [4.69, 9.17) is 5.73 Å². The molecule has 1 aliphatic rings. The van der Waals surface area contributed by atoms with Gasteiger partial charge >= 0.3 is 0 Å². The molecule has 0 bridgehead atoms. The molecule has 1 atom stereocenters. The van der Waals surface area contributed by atoms with Gasteiger partial charge in [0.2, 0.25) is 5.91 Å². The van der Waals surface area contributed by atoms with E-state index in [-0.39, 0.29) is 11.9 Å². The summed E-state index contributed by atoms with van der Waals surface area (Å²) in [6.07, 6.45) is 0. The van der Waals surface area contributed by atoms with Crippen LogP contribution >= 0.6 is 0 Å². The molecule has 0 aromatic heterocycles. The molecule has 4 heteroatoms. The molecule has 0 aliphatic carbocycles. The van der Waals surface area contributed by atoms with Crippen molar-refractivity contribution in [1.82, 2.24) is 10.2 Å². The molecule has 4 nitrogen and oxygen atoms in total. The molecular formula is C13H19N3O. The minimum absolute atomic E-state index is 0.248. The van der Waals surface area contributed by atoms with Crippen LogP contribution in [0.25, 0.3) is 0 Å². The lowest BCUT2D eigenvalue weighted by molar-refractivity contribution is -0.119. The summed E-state index contributed by atoms with van der Waals surface area (Å²) in [4.78, 5) is 13.2. The van der Waals surface area contributed by atoms with E-state index in [2.05, 4.69) is 35.3 Å². The van der Waals surface area contributed by atoms with E-state index in [0.29, 0.717) is 6.54 Å². The fourth-order valence-corrected chi connectivity index (χ4v) is 2.44. The third-order valence-corrected chi connectivity index (χ3v) is 3.27. The van der Waals surface area contributed by atoms with Crippen LogP contribution in [0.2, 0.25) is 0 Å². The van der Waals surface area contributed by atoms with Crippen molar-refractivity contribution < 1.29 is 4.79 Å². The maximum Gasteiger partial charge on any atom is 0.231 e. The van der Waals surface area contributed by atoms with Crippen molar-refractivity contribution in [3.63, 3.8) is 0 Å². The number of nitrogens with one attached hydrogen (secondary N) is 1. The van der Waals surface area contributed by atoms with E-state index in [9.17, 15) is 4.79 Å². The van der Waals surface area contributed by atoms with Gasteiger partial charge in [-0.25, -0.2) is 0 Å². The molecule has 92 valence electrons. The molecule has 0 fully saturated rings. The fourth-order valence-electron chi connectivity index (χ4n) is 2.44. The number of carbonyl (C=O) groups excluding carboxylic acids is 1. The monoisotopic (exact) mass is 233 g/mol. The van der Waals surface area contributed by atoms with E-state index in [1.54, 1.807) is 0 Å². The number of primary amides is 1. The number of hydrogen-bond acceptors (Lipinski definition) is 3. The molecule has 1 heterocycles. The Balaban J connectivity index is 2.24. The van der Waals surface area contributed by atoms with E-state index >= 15 is 0 Å². The summed E-state index contributed by atoms with van der Waals surface area (Å²) in [5, 5.41) is 3.39. The highest BCUT2D eigenvalue weighted by Gasteiger charge is 2.25. The Hall–Kier alpha value is -1.39. The maximum atomic E-state index is 11.1. The first-order chi connectivity index (χ1) is 8.22. The van der Waals surface area contributed by atoms with Crippen LogP contribution in [0.1, 0.15) is 24.1 Å². The van der Waals surface area contributed by atoms with Crippen LogP contribution in [-0.4, -0.2) is 30.4 Å². The molecule has 1 unspecified atom stereocenters. The summed E-state index contributed by atoms with van der Waals surface area (Å²) in [5.74, 6) is -0.269. The van der Waals surface area contributed by atoms with Gasteiger partial charge in [0.1, 0.15) is 0 Å². The zero-order valence-electron chi connectivity index (χ0n) is 10.1. The van der Waals surface area contributed by atoms with Crippen LogP contribution in [0.5, 0.6) is 0 Å². The van der Waals surface area contributed by atoms with Crippen molar-refractivity contribution in [2.75, 3.05) is 19.6 Å². The third-order valence-electron chi connectivity index (χ3n) is 3.27. The van der Waals surface area contributed by atoms with Gasteiger partial charge in [0, 0.05) is 19.1 Å². The van der Waals surface area contributed by atoms with Gasteiger partial charge in [-0.1, -0.05) is 31.2 Å². The van der Waals surface area contributed by atoms with Gasteiger partial charge in [-0.3, -0.25) is 9.69 Å². The molecule has 2 rings (SSSR count). The van der Waals surface area contributed by atoms with Crippen LogP contribution in [-0.2, 0) is 11.3 Å². The molecule has 17 heavy (non-hydrogen) atoms. The number of benzene rings is 1. The van der Waals surface area contributed by atoms with Gasteiger partial charge in [0.15, 0.2) is 0 Å². The second kappa shape index (κ2) is 5.29. The first kappa shape index (κ1) is 12.1. The summed E-state index contributed by atoms with van der Waals surface area (Å²) in [6.45, 7) is 4.97. The van der Waals surface area contributed by atoms with Crippen molar-refractivity contribution in [2.24, 2.45) is 5.73 Å². The number of rotatable bonds is 4. The molecule has 1 amide bonds. The molecule has 1 aliphatic heterocycles. The van der Waals surface area contributed by atoms with Crippen molar-refractivity contribution in [2.45, 2.75) is 19.5 Å². The zero-order chi connectivity index (χ0) is 12.3. The standard InChI is InChI=1S/C13H19N3O/c1-2-16(9-13(14)17)12-8-15-7-10-5-3-4-6-11(10)12/h3-6,12,15H,2,7-9H2,1H3,(H2,14,17). The van der Waals surface area contributed by atoms with E-state index < -0.39 is 0 Å². The van der Waals surface area contributed by atoms with E-state index in [1.165, 1.54) is 11.1 Å². The minimum atomic E-state index is -0.269. The van der Waals surface area contributed by atoms with Crippen LogP contribution in [0.3, 0.4) is 0 Å². The lowest BCUT2D eigenvalue weighted by atomic mass is 9.95. The summed E-state index contributed by atoms with van der Waals surface area (Å²) in [6, 6.07) is 8.62. The van der Waals surface area contributed by atoms with Crippen LogP contribution < -0.4 is 11.1 Å². The lowest BCUT2D eigenvalue weighted by Crippen LogP contribution is -2.43. The van der Waals surface area contributed by atoms with Gasteiger partial charge in [-0.05, 0) is 17.7 Å². The number of nitrogens with zero attached hydrogens (tertiary/aromatic N) is 1. The quantitative estimate of drug-likeness (QED) is 0.802. The van der Waals surface area contributed by atoms with Gasteiger partial charge in [-0.2, -0.15) is 0 Å². The molecular weight excluding hydrogens is 214 g/mol. The topological polar surface area (TPSA) is 58.4 Å². The maximum absolute atomic E-state index is 11.1. The third kappa shape index (κ3) is 2.65. The minimum Gasteiger partial charge on any atom is -0.369 e. The number of amides is 1. The number of hydrogen-bond donors (Lipinski definition) is 2. The smallest absolute Gasteiger partial charge is 0.231 e. The van der Waals surface area contributed by atoms with Crippen LogP contribution in [0, 0.1) is 0 Å². The summed E-state index contributed by atoms with van der Waals surface area (Å²) >= 11 is 0. The Morgan fingerprint density at radius 1 is 1.53 bits per heavy atom. The highest BCUT2D eigenvalue weighted by molar-refractivity contribution is 5.76. The van der Waals surface area contributed by atoms with Crippen molar-refractivity contribution in [3.8, 4) is 0 Å². The van der Waals surface area contributed by atoms with Gasteiger partial charge in [0.25, 0.3) is 0 Å². The SMILES string of the molecule is CCN(CC(N)=O)C1CNCc2ccccc21. The average molecular weight is 233 g/mol. The number of likely N-dealkylation sites (N-methyl/N-ethyl adjacent to an activating group) is 1.